The van der Waals surface area contributed by atoms with Crippen LogP contribution >= 0.6 is 0 Å². The van der Waals surface area contributed by atoms with Crippen LogP contribution in [0.1, 0.15) is 22.4 Å². The second kappa shape index (κ2) is 7.83. The van der Waals surface area contributed by atoms with Crippen molar-refractivity contribution in [3.8, 4) is 6.07 Å². The van der Waals surface area contributed by atoms with E-state index in [2.05, 4.69) is 50.7 Å². The highest BCUT2D eigenvalue weighted by atomic mass is 16.5. The minimum atomic E-state index is 0.588. The van der Waals surface area contributed by atoms with Gasteiger partial charge in [-0.2, -0.15) is 10.4 Å². The summed E-state index contributed by atoms with van der Waals surface area (Å²) >= 11 is 0. The lowest BCUT2D eigenvalue weighted by molar-refractivity contribution is 0.122. The lowest BCUT2D eigenvalue weighted by Gasteiger charge is -2.29. The summed E-state index contributed by atoms with van der Waals surface area (Å²) in [4.78, 5) is 2.34. The lowest BCUT2D eigenvalue weighted by atomic mass is 10.1. The molecule has 1 aromatic heterocycles. The normalized spacial score (nSPS) is 14.1. The van der Waals surface area contributed by atoms with E-state index in [-0.39, 0.29) is 0 Å². The van der Waals surface area contributed by atoms with Crippen molar-refractivity contribution in [2.24, 2.45) is 0 Å². The topological polar surface area (TPSA) is 74.1 Å². The third-order valence-corrected chi connectivity index (χ3v) is 5.05. The molecule has 1 aliphatic rings. The number of aromatic nitrogens is 2. The van der Waals surface area contributed by atoms with Crippen LogP contribution in [-0.4, -0.2) is 36.5 Å². The van der Waals surface area contributed by atoms with Crippen molar-refractivity contribution in [1.82, 2.24) is 10.2 Å². The molecule has 0 bridgehead atoms. The monoisotopic (exact) mass is 373 g/mol. The summed E-state index contributed by atoms with van der Waals surface area (Å²) in [6.07, 6.45) is 0. The highest BCUT2D eigenvalue weighted by Crippen LogP contribution is 2.28. The number of aryl methyl sites for hydroxylation is 2. The first kappa shape index (κ1) is 18.2. The van der Waals surface area contributed by atoms with E-state index in [9.17, 15) is 5.26 Å². The molecule has 2 aromatic carbocycles. The molecule has 1 fully saturated rings. The van der Waals surface area contributed by atoms with Gasteiger partial charge in [-0.3, -0.25) is 0 Å². The maximum absolute atomic E-state index is 9.19. The number of rotatable bonds is 4. The van der Waals surface area contributed by atoms with Crippen molar-refractivity contribution in [2.75, 3.05) is 36.5 Å². The Morgan fingerprint density at radius 3 is 2.68 bits per heavy atom. The Morgan fingerprint density at radius 1 is 1.07 bits per heavy atom. The van der Waals surface area contributed by atoms with E-state index in [0.717, 1.165) is 59.7 Å². The molecule has 1 N–H and O–H groups in total. The average molecular weight is 373 g/mol. The molecule has 1 aliphatic heterocycles. The van der Waals surface area contributed by atoms with Gasteiger partial charge in [-0.1, -0.05) is 12.1 Å². The molecule has 142 valence electrons. The Kier molecular flexibility index (Phi) is 5.09. The van der Waals surface area contributed by atoms with Crippen molar-refractivity contribution < 1.29 is 4.74 Å². The Labute approximate surface area is 164 Å². The average Bonchev–Trinajstić information content (AvgIpc) is 2.73. The number of hydrogen-bond acceptors (Lipinski definition) is 6. The van der Waals surface area contributed by atoms with Crippen LogP contribution < -0.4 is 10.2 Å². The predicted molar refractivity (Wildman–Crippen MR) is 111 cm³/mol. The van der Waals surface area contributed by atoms with Crippen LogP contribution in [0.3, 0.4) is 0 Å². The van der Waals surface area contributed by atoms with Gasteiger partial charge in [0.05, 0.1) is 30.5 Å². The maximum atomic E-state index is 9.19. The molecular formula is C22H23N5O. The van der Waals surface area contributed by atoms with E-state index in [1.807, 2.05) is 26.0 Å². The Morgan fingerprint density at radius 2 is 1.89 bits per heavy atom. The van der Waals surface area contributed by atoms with Gasteiger partial charge in [0, 0.05) is 36.1 Å². The summed E-state index contributed by atoms with van der Waals surface area (Å²) in [5, 5.41) is 23.5. The molecule has 2 heterocycles. The molecule has 3 aromatic rings. The Hall–Kier alpha value is -3.17. The fourth-order valence-electron chi connectivity index (χ4n) is 3.64. The molecular weight excluding hydrogens is 350 g/mol. The zero-order valence-electron chi connectivity index (χ0n) is 16.2. The summed E-state index contributed by atoms with van der Waals surface area (Å²) in [6, 6.07) is 14.5. The number of nitrogens with one attached hydrogen (secondary N) is 1. The second-order valence-corrected chi connectivity index (χ2v) is 7.14. The van der Waals surface area contributed by atoms with Crippen molar-refractivity contribution in [2.45, 2.75) is 20.4 Å². The summed E-state index contributed by atoms with van der Waals surface area (Å²) in [5.41, 5.74) is 4.89. The largest absolute Gasteiger partial charge is 0.378 e. The summed E-state index contributed by atoms with van der Waals surface area (Å²) in [6.45, 7) is 7.87. The number of hydrogen-bond donors (Lipinski definition) is 1. The molecule has 0 radical (unpaired) electrons. The fourth-order valence-corrected chi connectivity index (χ4v) is 3.64. The minimum absolute atomic E-state index is 0.588. The molecule has 0 aliphatic carbocycles. The van der Waals surface area contributed by atoms with Crippen molar-refractivity contribution in [3.05, 3.63) is 58.8 Å². The number of nitriles is 1. The van der Waals surface area contributed by atoms with Gasteiger partial charge in [0.25, 0.3) is 0 Å². The van der Waals surface area contributed by atoms with E-state index in [4.69, 9.17) is 4.74 Å². The number of fused-ring (bicyclic) bond motifs is 1. The van der Waals surface area contributed by atoms with Crippen LogP contribution in [0, 0.1) is 25.2 Å². The van der Waals surface area contributed by atoms with E-state index in [0.29, 0.717) is 12.1 Å². The van der Waals surface area contributed by atoms with Gasteiger partial charge < -0.3 is 15.0 Å². The van der Waals surface area contributed by atoms with E-state index in [1.54, 1.807) is 0 Å². The van der Waals surface area contributed by atoms with Gasteiger partial charge in [-0.05, 0) is 49.2 Å². The van der Waals surface area contributed by atoms with Gasteiger partial charge in [-0.25, -0.2) is 0 Å². The minimum Gasteiger partial charge on any atom is -0.378 e. The van der Waals surface area contributed by atoms with Gasteiger partial charge in [0.1, 0.15) is 0 Å². The zero-order valence-corrected chi connectivity index (χ0v) is 16.2. The number of benzene rings is 2. The molecule has 4 rings (SSSR count). The number of anilines is 2. The molecule has 6 heteroatoms. The second-order valence-electron chi connectivity index (χ2n) is 7.14. The first-order chi connectivity index (χ1) is 13.6. The van der Waals surface area contributed by atoms with Gasteiger partial charge in [0.2, 0.25) is 0 Å². The molecule has 1 saturated heterocycles. The van der Waals surface area contributed by atoms with Crippen LogP contribution in [0.25, 0.3) is 10.8 Å². The lowest BCUT2D eigenvalue weighted by Crippen LogP contribution is -2.36. The molecule has 0 saturated carbocycles. The summed E-state index contributed by atoms with van der Waals surface area (Å²) in [5.74, 6) is 0.760. The summed E-state index contributed by atoms with van der Waals surface area (Å²) in [7, 11) is 0. The SMILES string of the molecule is Cc1cc(C#N)cc(CNc2nnc(C)c3ccc(N4CCOCC4)cc23)c1. The molecule has 28 heavy (non-hydrogen) atoms. The molecule has 0 amide bonds. The third-order valence-electron chi connectivity index (χ3n) is 5.05. The highest BCUT2D eigenvalue weighted by Gasteiger charge is 2.14. The Bertz CT molecular complexity index is 1050. The summed E-state index contributed by atoms with van der Waals surface area (Å²) < 4.78 is 5.47. The zero-order chi connectivity index (χ0) is 19.5. The van der Waals surface area contributed by atoms with Gasteiger partial charge in [-0.15, -0.1) is 5.10 Å². The quantitative estimate of drug-likeness (QED) is 0.754. The molecule has 0 unspecified atom stereocenters. The first-order valence-corrected chi connectivity index (χ1v) is 9.48. The maximum Gasteiger partial charge on any atom is 0.156 e. The van der Waals surface area contributed by atoms with Crippen molar-refractivity contribution in [3.63, 3.8) is 0 Å². The highest BCUT2D eigenvalue weighted by molar-refractivity contribution is 5.95. The van der Waals surface area contributed by atoms with Crippen LogP contribution in [0.2, 0.25) is 0 Å². The molecule has 0 spiro atoms. The van der Waals surface area contributed by atoms with Gasteiger partial charge in [0.15, 0.2) is 5.82 Å². The Balaban J connectivity index is 1.65. The predicted octanol–water partition coefficient (Wildman–Crippen LogP) is 3.57. The van der Waals surface area contributed by atoms with Gasteiger partial charge >= 0.3 is 0 Å². The van der Waals surface area contributed by atoms with E-state index in [1.165, 1.54) is 5.69 Å². The fraction of sp³-hybridized carbons (Fsp3) is 0.318. The smallest absolute Gasteiger partial charge is 0.156 e. The first-order valence-electron chi connectivity index (χ1n) is 9.48. The van der Waals surface area contributed by atoms with Crippen molar-refractivity contribution in [1.29, 1.82) is 5.26 Å². The third kappa shape index (κ3) is 3.75. The number of morpholine rings is 1. The number of ether oxygens (including phenoxy) is 1. The standard InChI is InChI=1S/C22H23N5O/c1-15-9-17(13-23)11-18(10-15)14-24-22-21-12-19(27-5-7-28-8-6-27)3-4-20(21)16(2)25-26-22/h3-4,9-12H,5-8,14H2,1-2H3,(H,24,26). The van der Waals surface area contributed by atoms with E-state index < -0.39 is 0 Å². The number of nitrogens with zero attached hydrogens (tertiary/aromatic N) is 4. The van der Waals surface area contributed by atoms with E-state index >= 15 is 0 Å². The molecule has 0 atom stereocenters. The van der Waals surface area contributed by atoms with Crippen LogP contribution in [0.15, 0.2) is 36.4 Å². The van der Waals surface area contributed by atoms with Crippen LogP contribution in [0.5, 0.6) is 0 Å². The van der Waals surface area contributed by atoms with Crippen molar-refractivity contribution >= 4 is 22.3 Å². The van der Waals surface area contributed by atoms with Crippen LogP contribution in [0.4, 0.5) is 11.5 Å². The molecule has 6 nitrogen and oxygen atoms in total. The van der Waals surface area contributed by atoms with Crippen LogP contribution in [-0.2, 0) is 11.3 Å².